The van der Waals surface area contributed by atoms with Crippen molar-refractivity contribution < 1.29 is 9.53 Å². The van der Waals surface area contributed by atoms with Gasteiger partial charge >= 0.3 is 5.97 Å². The second-order valence-electron chi connectivity index (χ2n) is 4.99. The maximum absolute atomic E-state index is 11.8. The lowest BCUT2D eigenvalue weighted by Gasteiger charge is -2.11. The third-order valence-electron chi connectivity index (χ3n) is 3.74. The minimum atomic E-state index is -0.402. The minimum Gasteiger partial charge on any atom is -0.465 e. The number of nitrogens with one attached hydrogen (secondary N) is 1. The molecule has 1 N–H and O–H groups in total. The predicted octanol–water partition coefficient (Wildman–Crippen LogP) is 3.69. The number of benzene rings is 1. The SMILES string of the molecule is COC(=O)c1cc(Cl)ccc1NCc1cc(C)n(C)c1C. The smallest absolute Gasteiger partial charge is 0.340 e. The molecular formula is C16H19ClN2O2. The standard InChI is InChI=1S/C16H19ClN2O2/c1-10-7-12(11(2)19(10)3)9-18-15-6-5-13(17)8-14(15)16(20)21-4/h5-8,18H,9H2,1-4H3. The number of rotatable bonds is 4. The lowest BCUT2D eigenvalue weighted by Crippen LogP contribution is -2.08. The van der Waals surface area contributed by atoms with E-state index in [4.69, 9.17) is 16.3 Å². The van der Waals surface area contributed by atoms with Gasteiger partial charge in [0.15, 0.2) is 0 Å². The van der Waals surface area contributed by atoms with Crippen LogP contribution in [0.1, 0.15) is 27.3 Å². The molecule has 0 aliphatic heterocycles. The van der Waals surface area contributed by atoms with Crippen molar-refractivity contribution in [3.8, 4) is 0 Å². The molecule has 0 fully saturated rings. The van der Waals surface area contributed by atoms with Crippen molar-refractivity contribution in [3.05, 3.63) is 51.8 Å². The molecule has 0 unspecified atom stereocenters. The lowest BCUT2D eigenvalue weighted by molar-refractivity contribution is 0.0602. The minimum absolute atomic E-state index is 0.402. The first-order valence-electron chi connectivity index (χ1n) is 6.67. The summed E-state index contributed by atoms with van der Waals surface area (Å²) in [7, 11) is 3.40. The number of aryl methyl sites for hydroxylation is 1. The van der Waals surface area contributed by atoms with Crippen molar-refractivity contribution in [1.82, 2.24) is 4.57 Å². The Hall–Kier alpha value is -1.94. The molecule has 21 heavy (non-hydrogen) atoms. The van der Waals surface area contributed by atoms with Crippen LogP contribution < -0.4 is 5.32 Å². The maximum atomic E-state index is 11.8. The summed E-state index contributed by atoms with van der Waals surface area (Å²) in [5.41, 5.74) is 4.76. The average Bonchev–Trinajstić information content (AvgIpc) is 2.72. The summed E-state index contributed by atoms with van der Waals surface area (Å²) in [6.07, 6.45) is 0. The second kappa shape index (κ2) is 6.22. The van der Waals surface area contributed by atoms with Crippen LogP contribution in [0.5, 0.6) is 0 Å². The Kier molecular flexibility index (Phi) is 4.58. The first-order chi connectivity index (χ1) is 9.93. The van der Waals surface area contributed by atoms with Crippen LogP contribution in [-0.2, 0) is 18.3 Å². The van der Waals surface area contributed by atoms with Gasteiger partial charge in [0.2, 0.25) is 0 Å². The Labute approximate surface area is 129 Å². The molecule has 1 aromatic carbocycles. The van der Waals surface area contributed by atoms with Crippen LogP contribution in [-0.4, -0.2) is 17.6 Å². The first-order valence-corrected chi connectivity index (χ1v) is 7.05. The Bertz CT molecular complexity index is 677. The van der Waals surface area contributed by atoms with Crippen LogP contribution in [0.15, 0.2) is 24.3 Å². The normalized spacial score (nSPS) is 10.5. The Morgan fingerprint density at radius 2 is 2.05 bits per heavy atom. The molecule has 2 rings (SSSR count). The number of nitrogens with zero attached hydrogens (tertiary/aromatic N) is 1. The molecule has 4 nitrogen and oxygen atoms in total. The van der Waals surface area contributed by atoms with E-state index in [-0.39, 0.29) is 0 Å². The molecular weight excluding hydrogens is 288 g/mol. The van der Waals surface area contributed by atoms with Crippen molar-refractivity contribution >= 4 is 23.3 Å². The molecule has 0 aliphatic carbocycles. The van der Waals surface area contributed by atoms with E-state index in [0.29, 0.717) is 22.8 Å². The van der Waals surface area contributed by atoms with E-state index in [1.165, 1.54) is 24.1 Å². The maximum Gasteiger partial charge on any atom is 0.340 e. The van der Waals surface area contributed by atoms with Gasteiger partial charge in [-0.25, -0.2) is 4.79 Å². The summed E-state index contributed by atoms with van der Waals surface area (Å²) in [6.45, 7) is 4.78. The van der Waals surface area contributed by atoms with Crippen molar-refractivity contribution in [1.29, 1.82) is 0 Å². The van der Waals surface area contributed by atoms with Gasteiger partial charge in [-0.2, -0.15) is 0 Å². The Balaban J connectivity index is 2.23. The van der Waals surface area contributed by atoms with Crippen LogP contribution >= 0.6 is 11.6 Å². The topological polar surface area (TPSA) is 43.3 Å². The van der Waals surface area contributed by atoms with E-state index in [0.717, 1.165) is 0 Å². The number of hydrogen-bond acceptors (Lipinski definition) is 3. The van der Waals surface area contributed by atoms with Crippen LogP contribution in [0.25, 0.3) is 0 Å². The van der Waals surface area contributed by atoms with E-state index in [1.807, 2.05) is 7.05 Å². The Morgan fingerprint density at radius 1 is 1.33 bits per heavy atom. The van der Waals surface area contributed by atoms with E-state index < -0.39 is 5.97 Å². The zero-order valence-electron chi connectivity index (χ0n) is 12.7. The summed E-state index contributed by atoms with van der Waals surface area (Å²) in [5.74, 6) is -0.402. The summed E-state index contributed by atoms with van der Waals surface area (Å²) >= 11 is 5.95. The number of carbonyl (C=O) groups is 1. The molecule has 0 saturated carbocycles. The van der Waals surface area contributed by atoms with E-state index in [2.05, 4.69) is 29.8 Å². The van der Waals surface area contributed by atoms with Crippen molar-refractivity contribution in [3.63, 3.8) is 0 Å². The highest BCUT2D eigenvalue weighted by Crippen LogP contribution is 2.23. The fourth-order valence-corrected chi connectivity index (χ4v) is 2.42. The van der Waals surface area contributed by atoms with Gasteiger partial charge in [0.05, 0.1) is 12.7 Å². The van der Waals surface area contributed by atoms with Gasteiger partial charge in [-0.15, -0.1) is 0 Å². The number of anilines is 1. The quantitative estimate of drug-likeness (QED) is 0.876. The fraction of sp³-hybridized carbons (Fsp3) is 0.312. The van der Waals surface area contributed by atoms with Crippen molar-refractivity contribution in [2.75, 3.05) is 12.4 Å². The third kappa shape index (κ3) is 3.22. The van der Waals surface area contributed by atoms with Crippen LogP contribution in [0.3, 0.4) is 0 Å². The average molecular weight is 307 g/mol. The lowest BCUT2D eigenvalue weighted by atomic mass is 10.1. The van der Waals surface area contributed by atoms with Gasteiger partial charge in [-0.1, -0.05) is 11.6 Å². The van der Waals surface area contributed by atoms with E-state index >= 15 is 0 Å². The number of carbonyl (C=O) groups excluding carboxylic acids is 1. The molecule has 0 radical (unpaired) electrons. The molecule has 0 amide bonds. The second-order valence-corrected chi connectivity index (χ2v) is 5.43. The van der Waals surface area contributed by atoms with Gasteiger partial charge in [-0.3, -0.25) is 0 Å². The number of halogens is 1. The van der Waals surface area contributed by atoms with Crippen LogP contribution in [0.4, 0.5) is 5.69 Å². The number of ether oxygens (including phenoxy) is 1. The number of aromatic nitrogens is 1. The highest BCUT2D eigenvalue weighted by Gasteiger charge is 2.13. The monoisotopic (exact) mass is 306 g/mol. The molecule has 5 heteroatoms. The molecule has 0 bridgehead atoms. The van der Waals surface area contributed by atoms with E-state index in [9.17, 15) is 4.79 Å². The van der Waals surface area contributed by atoms with Crippen molar-refractivity contribution in [2.45, 2.75) is 20.4 Å². The zero-order valence-corrected chi connectivity index (χ0v) is 13.4. The molecule has 1 aromatic heterocycles. The predicted molar refractivity (Wildman–Crippen MR) is 85.0 cm³/mol. The molecule has 2 aromatic rings. The number of hydrogen-bond donors (Lipinski definition) is 1. The fourth-order valence-electron chi connectivity index (χ4n) is 2.25. The molecule has 0 spiro atoms. The highest BCUT2D eigenvalue weighted by molar-refractivity contribution is 6.31. The number of methoxy groups -OCH3 is 1. The largest absolute Gasteiger partial charge is 0.465 e. The first kappa shape index (κ1) is 15.4. The molecule has 1 heterocycles. The molecule has 0 atom stereocenters. The summed E-state index contributed by atoms with van der Waals surface area (Å²) in [5, 5.41) is 3.79. The zero-order chi connectivity index (χ0) is 15.6. The van der Waals surface area contributed by atoms with Crippen LogP contribution in [0.2, 0.25) is 5.02 Å². The van der Waals surface area contributed by atoms with Gasteiger partial charge in [0, 0.05) is 35.7 Å². The summed E-state index contributed by atoms with van der Waals surface area (Å²) in [6, 6.07) is 7.29. The van der Waals surface area contributed by atoms with Gasteiger partial charge in [0.1, 0.15) is 0 Å². The third-order valence-corrected chi connectivity index (χ3v) is 3.97. The summed E-state index contributed by atoms with van der Waals surface area (Å²) < 4.78 is 6.93. The van der Waals surface area contributed by atoms with Crippen LogP contribution in [0, 0.1) is 13.8 Å². The molecule has 112 valence electrons. The Morgan fingerprint density at radius 3 is 2.62 bits per heavy atom. The van der Waals surface area contributed by atoms with Gasteiger partial charge in [-0.05, 0) is 43.7 Å². The molecule has 0 aliphatic rings. The summed E-state index contributed by atoms with van der Waals surface area (Å²) in [4.78, 5) is 11.8. The molecule has 0 saturated heterocycles. The number of esters is 1. The highest BCUT2D eigenvalue weighted by atomic mass is 35.5. The van der Waals surface area contributed by atoms with Gasteiger partial charge in [0.25, 0.3) is 0 Å². The van der Waals surface area contributed by atoms with Crippen molar-refractivity contribution in [2.24, 2.45) is 7.05 Å². The van der Waals surface area contributed by atoms with Gasteiger partial charge < -0.3 is 14.6 Å². The van der Waals surface area contributed by atoms with E-state index in [1.54, 1.807) is 18.2 Å².